The van der Waals surface area contributed by atoms with Gasteiger partial charge >= 0.3 is 0 Å². The predicted octanol–water partition coefficient (Wildman–Crippen LogP) is 5.19. The Balaban J connectivity index is 4.26. The predicted molar refractivity (Wildman–Crippen MR) is 79.9 cm³/mol. The molecule has 0 aliphatic heterocycles. The molecule has 1 atom stereocenters. The number of allylic oxidation sites excluding steroid dienone is 3. The molecule has 0 aromatic rings. The summed E-state index contributed by atoms with van der Waals surface area (Å²) in [5, 5.41) is 0. The topological polar surface area (TPSA) is 12.4 Å². The van der Waals surface area contributed by atoms with Gasteiger partial charge in [-0.05, 0) is 18.9 Å². The minimum atomic E-state index is 0.637. The van der Waals surface area contributed by atoms with Gasteiger partial charge in [0.05, 0.1) is 0 Å². The zero-order valence-corrected chi connectivity index (χ0v) is 11.9. The molecule has 0 aromatic heterocycles. The lowest BCUT2D eigenvalue weighted by atomic mass is 9.91. The van der Waals surface area contributed by atoms with E-state index in [0.717, 1.165) is 0 Å². The van der Waals surface area contributed by atoms with Gasteiger partial charge < -0.3 is 0 Å². The van der Waals surface area contributed by atoms with Crippen LogP contribution in [-0.2, 0) is 0 Å². The van der Waals surface area contributed by atoms with Crippen LogP contribution in [0.4, 0.5) is 0 Å². The van der Waals surface area contributed by atoms with E-state index < -0.39 is 0 Å². The highest BCUT2D eigenvalue weighted by molar-refractivity contribution is 5.96. The average molecular weight is 235 g/mol. The van der Waals surface area contributed by atoms with Gasteiger partial charge in [-0.3, -0.25) is 4.99 Å². The van der Waals surface area contributed by atoms with E-state index in [0.29, 0.717) is 5.92 Å². The van der Waals surface area contributed by atoms with E-state index in [-0.39, 0.29) is 0 Å². The maximum atomic E-state index is 4.43. The van der Waals surface area contributed by atoms with Gasteiger partial charge in [0, 0.05) is 18.7 Å². The van der Waals surface area contributed by atoms with Crippen molar-refractivity contribution in [2.75, 3.05) is 7.05 Å². The lowest BCUT2D eigenvalue weighted by Crippen LogP contribution is -2.12. The fourth-order valence-corrected chi connectivity index (χ4v) is 2.17. The molecule has 1 nitrogen and oxygen atoms in total. The monoisotopic (exact) mass is 235 g/mol. The molecule has 0 aliphatic rings. The van der Waals surface area contributed by atoms with Crippen molar-refractivity contribution < 1.29 is 0 Å². The van der Waals surface area contributed by atoms with Crippen LogP contribution in [0.15, 0.2) is 29.8 Å². The highest BCUT2D eigenvalue weighted by Gasteiger charge is 2.11. The minimum absolute atomic E-state index is 0.637. The van der Waals surface area contributed by atoms with Gasteiger partial charge in [0.1, 0.15) is 0 Å². The molecule has 17 heavy (non-hydrogen) atoms. The molecule has 0 amide bonds. The van der Waals surface area contributed by atoms with Gasteiger partial charge in [-0.2, -0.15) is 0 Å². The Labute approximate surface area is 108 Å². The fraction of sp³-hybridized carbons (Fsp3) is 0.688. The van der Waals surface area contributed by atoms with Gasteiger partial charge in [-0.25, -0.2) is 0 Å². The molecule has 0 saturated carbocycles. The van der Waals surface area contributed by atoms with Crippen LogP contribution in [0.25, 0.3) is 0 Å². The Hall–Kier alpha value is -0.850. The van der Waals surface area contributed by atoms with Gasteiger partial charge in [0.25, 0.3) is 0 Å². The summed E-state index contributed by atoms with van der Waals surface area (Å²) in [5.74, 6) is 0.637. The Kier molecular flexibility index (Phi) is 11.0. The number of hydrogen-bond acceptors (Lipinski definition) is 1. The molecule has 0 radical (unpaired) electrons. The van der Waals surface area contributed by atoms with Crippen LogP contribution in [0, 0.1) is 5.92 Å². The first kappa shape index (κ1) is 16.1. The Morgan fingerprint density at radius 3 is 2.41 bits per heavy atom. The Morgan fingerprint density at radius 1 is 1.12 bits per heavy atom. The summed E-state index contributed by atoms with van der Waals surface area (Å²) in [6.07, 6.45) is 15.1. The number of unbranched alkanes of at least 4 members (excludes halogenated alkanes) is 3. The second-order valence-corrected chi connectivity index (χ2v) is 4.58. The summed E-state index contributed by atoms with van der Waals surface area (Å²) in [6, 6.07) is 0. The SMILES string of the molecule is C=C/C=C\C(=N/C)C(CCC)CCCCCC. The third-order valence-electron chi connectivity index (χ3n) is 3.12. The van der Waals surface area contributed by atoms with Crippen LogP contribution >= 0.6 is 0 Å². The van der Waals surface area contributed by atoms with Crippen LogP contribution in [0.2, 0.25) is 0 Å². The highest BCUT2D eigenvalue weighted by Crippen LogP contribution is 2.18. The summed E-state index contributed by atoms with van der Waals surface area (Å²) >= 11 is 0. The molecule has 0 aliphatic carbocycles. The van der Waals surface area contributed by atoms with Crippen molar-refractivity contribution in [2.45, 2.75) is 58.8 Å². The van der Waals surface area contributed by atoms with E-state index in [9.17, 15) is 0 Å². The lowest BCUT2D eigenvalue weighted by Gasteiger charge is -2.16. The van der Waals surface area contributed by atoms with Crippen LogP contribution < -0.4 is 0 Å². The van der Waals surface area contributed by atoms with E-state index in [1.165, 1.54) is 50.7 Å². The van der Waals surface area contributed by atoms with E-state index in [4.69, 9.17) is 0 Å². The smallest absolute Gasteiger partial charge is 0.0375 e. The van der Waals surface area contributed by atoms with Crippen LogP contribution in [0.5, 0.6) is 0 Å². The van der Waals surface area contributed by atoms with Gasteiger partial charge in [0.2, 0.25) is 0 Å². The van der Waals surface area contributed by atoms with Crippen molar-refractivity contribution >= 4 is 5.71 Å². The second kappa shape index (κ2) is 11.6. The molecular weight excluding hydrogens is 206 g/mol. The molecule has 1 heteroatoms. The molecule has 0 aromatic carbocycles. The number of rotatable bonds is 10. The zero-order valence-electron chi connectivity index (χ0n) is 11.9. The number of nitrogens with zero attached hydrogens (tertiary/aromatic N) is 1. The van der Waals surface area contributed by atoms with Gasteiger partial charge in [0.15, 0.2) is 0 Å². The summed E-state index contributed by atoms with van der Waals surface area (Å²) < 4.78 is 0. The molecule has 0 fully saturated rings. The average Bonchev–Trinajstić information content (AvgIpc) is 2.35. The fourth-order valence-electron chi connectivity index (χ4n) is 2.17. The van der Waals surface area contributed by atoms with Crippen molar-refractivity contribution in [3.05, 3.63) is 24.8 Å². The van der Waals surface area contributed by atoms with Crippen LogP contribution in [-0.4, -0.2) is 12.8 Å². The van der Waals surface area contributed by atoms with E-state index >= 15 is 0 Å². The summed E-state index contributed by atoms with van der Waals surface area (Å²) in [5.41, 5.74) is 1.24. The first-order valence-corrected chi connectivity index (χ1v) is 7.05. The zero-order chi connectivity index (χ0) is 12.9. The van der Waals surface area contributed by atoms with Gasteiger partial charge in [-0.1, -0.05) is 64.7 Å². The van der Waals surface area contributed by atoms with E-state index in [1.54, 1.807) is 0 Å². The van der Waals surface area contributed by atoms with Gasteiger partial charge in [-0.15, -0.1) is 0 Å². The highest BCUT2D eigenvalue weighted by atomic mass is 14.7. The molecule has 0 bridgehead atoms. The summed E-state index contributed by atoms with van der Waals surface area (Å²) in [7, 11) is 1.90. The first-order valence-electron chi connectivity index (χ1n) is 7.05. The van der Waals surface area contributed by atoms with Crippen molar-refractivity contribution in [1.82, 2.24) is 0 Å². The molecule has 0 saturated heterocycles. The summed E-state index contributed by atoms with van der Waals surface area (Å²) in [4.78, 5) is 4.43. The lowest BCUT2D eigenvalue weighted by molar-refractivity contribution is 0.519. The number of aliphatic imine (C=N–C) groups is 1. The maximum absolute atomic E-state index is 4.43. The second-order valence-electron chi connectivity index (χ2n) is 4.58. The van der Waals surface area contributed by atoms with Crippen molar-refractivity contribution in [1.29, 1.82) is 0 Å². The molecule has 0 heterocycles. The van der Waals surface area contributed by atoms with Crippen LogP contribution in [0.1, 0.15) is 58.8 Å². The third kappa shape index (κ3) is 7.95. The summed E-state index contributed by atoms with van der Waals surface area (Å²) in [6.45, 7) is 8.23. The van der Waals surface area contributed by atoms with Crippen molar-refractivity contribution in [3.63, 3.8) is 0 Å². The molecule has 0 N–H and O–H groups in total. The minimum Gasteiger partial charge on any atom is -0.293 e. The maximum Gasteiger partial charge on any atom is 0.0375 e. The quantitative estimate of drug-likeness (QED) is 0.281. The van der Waals surface area contributed by atoms with Crippen molar-refractivity contribution in [2.24, 2.45) is 10.9 Å². The first-order chi connectivity index (χ1) is 8.29. The normalized spacial score (nSPS) is 14.2. The Morgan fingerprint density at radius 2 is 1.88 bits per heavy atom. The molecular formula is C16H29N. The van der Waals surface area contributed by atoms with E-state index in [1.807, 2.05) is 19.2 Å². The van der Waals surface area contributed by atoms with Crippen molar-refractivity contribution in [3.8, 4) is 0 Å². The molecule has 0 rings (SSSR count). The largest absolute Gasteiger partial charge is 0.293 e. The molecule has 1 unspecified atom stereocenters. The Bertz CT molecular complexity index is 238. The van der Waals surface area contributed by atoms with Crippen LogP contribution in [0.3, 0.4) is 0 Å². The standard InChI is InChI=1S/C16H29N/c1-5-8-10-11-13-15(12-7-3)16(17-4)14-9-6-2/h6,9,14-15H,2,5,7-8,10-13H2,1,3-4H3/b14-9-,17-16+. The third-order valence-corrected chi connectivity index (χ3v) is 3.12. The van der Waals surface area contributed by atoms with E-state index in [2.05, 4.69) is 31.5 Å². The molecule has 0 spiro atoms. The molecule has 98 valence electrons. The number of hydrogen-bond donors (Lipinski definition) is 0.